The summed E-state index contributed by atoms with van der Waals surface area (Å²) in [6.07, 6.45) is 0. The van der Waals surface area contributed by atoms with Crippen molar-refractivity contribution in [1.82, 2.24) is 9.62 Å². The third-order valence-electron chi connectivity index (χ3n) is 2.32. The SMILES string of the molecule is CNS(=O)(=O)c1ccccc1NCCN(C)C. The number of para-hydroxylation sites is 1. The molecule has 1 aromatic rings. The highest BCUT2D eigenvalue weighted by atomic mass is 32.2. The van der Waals surface area contributed by atoms with Gasteiger partial charge in [0.1, 0.15) is 4.90 Å². The molecule has 0 spiro atoms. The molecule has 0 amide bonds. The van der Waals surface area contributed by atoms with Crippen molar-refractivity contribution in [3.63, 3.8) is 0 Å². The van der Waals surface area contributed by atoms with E-state index in [0.29, 0.717) is 12.2 Å². The van der Waals surface area contributed by atoms with Gasteiger partial charge < -0.3 is 10.2 Å². The second-order valence-corrected chi connectivity index (χ2v) is 5.79. The van der Waals surface area contributed by atoms with E-state index in [1.807, 2.05) is 25.1 Å². The van der Waals surface area contributed by atoms with Crippen LogP contribution >= 0.6 is 0 Å². The Morgan fingerprint density at radius 3 is 2.47 bits per heavy atom. The van der Waals surface area contributed by atoms with E-state index in [0.717, 1.165) is 6.54 Å². The van der Waals surface area contributed by atoms with Crippen molar-refractivity contribution in [2.75, 3.05) is 39.5 Å². The highest BCUT2D eigenvalue weighted by molar-refractivity contribution is 7.89. The average molecular weight is 257 g/mol. The maximum atomic E-state index is 11.8. The molecule has 0 aliphatic heterocycles. The molecule has 0 unspecified atom stereocenters. The van der Waals surface area contributed by atoms with Crippen LogP contribution < -0.4 is 10.0 Å². The van der Waals surface area contributed by atoms with Gasteiger partial charge in [0.15, 0.2) is 0 Å². The maximum absolute atomic E-state index is 11.8. The zero-order valence-electron chi connectivity index (χ0n) is 10.4. The monoisotopic (exact) mass is 257 g/mol. The maximum Gasteiger partial charge on any atom is 0.242 e. The summed E-state index contributed by atoms with van der Waals surface area (Å²) in [7, 11) is 1.94. The predicted octanol–water partition coefficient (Wildman–Crippen LogP) is 0.568. The molecule has 0 fully saturated rings. The molecule has 2 N–H and O–H groups in total. The van der Waals surface area contributed by atoms with Gasteiger partial charge in [-0.1, -0.05) is 12.1 Å². The van der Waals surface area contributed by atoms with E-state index in [1.165, 1.54) is 7.05 Å². The number of nitrogens with one attached hydrogen (secondary N) is 2. The first-order valence-corrected chi connectivity index (χ1v) is 6.87. The van der Waals surface area contributed by atoms with E-state index >= 15 is 0 Å². The van der Waals surface area contributed by atoms with E-state index in [9.17, 15) is 8.42 Å². The van der Waals surface area contributed by atoms with Crippen LogP contribution in [0, 0.1) is 0 Å². The minimum Gasteiger partial charge on any atom is -0.383 e. The number of anilines is 1. The molecule has 5 nitrogen and oxygen atoms in total. The fourth-order valence-corrected chi connectivity index (χ4v) is 2.28. The van der Waals surface area contributed by atoms with Crippen LogP contribution in [0.1, 0.15) is 0 Å². The Labute approximate surface area is 103 Å². The molecule has 0 radical (unpaired) electrons. The van der Waals surface area contributed by atoms with Crippen LogP contribution in [0.5, 0.6) is 0 Å². The van der Waals surface area contributed by atoms with Crippen molar-refractivity contribution in [3.05, 3.63) is 24.3 Å². The van der Waals surface area contributed by atoms with Gasteiger partial charge in [-0.2, -0.15) is 0 Å². The number of hydrogen-bond acceptors (Lipinski definition) is 4. The first-order chi connectivity index (χ1) is 7.97. The van der Waals surface area contributed by atoms with Crippen LogP contribution in [0.2, 0.25) is 0 Å². The Bertz CT molecular complexity index is 458. The summed E-state index contributed by atoms with van der Waals surface area (Å²) in [5.41, 5.74) is 0.628. The van der Waals surface area contributed by atoms with E-state index in [1.54, 1.807) is 18.2 Å². The second-order valence-electron chi connectivity index (χ2n) is 3.93. The van der Waals surface area contributed by atoms with Crippen LogP contribution in [0.4, 0.5) is 5.69 Å². The van der Waals surface area contributed by atoms with Gasteiger partial charge >= 0.3 is 0 Å². The Morgan fingerprint density at radius 1 is 1.24 bits per heavy atom. The molecule has 1 rings (SSSR count). The quantitative estimate of drug-likeness (QED) is 0.782. The summed E-state index contributed by atoms with van der Waals surface area (Å²) < 4.78 is 25.8. The fraction of sp³-hybridized carbons (Fsp3) is 0.455. The highest BCUT2D eigenvalue weighted by Gasteiger charge is 2.15. The normalized spacial score (nSPS) is 11.8. The highest BCUT2D eigenvalue weighted by Crippen LogP contribution is 2.19. The van der Waals surface area contributed by atoms with E-state index < -0.39 is 10.0 Å². The van der Waals surface area contributed by atoms with E-state index in [2.05, 4.69) is 10.0 Å². The Hall–Kier alpha value is -1.11. The zero-order valence-corrected chi connectivity index (χ0v) is 11.2. The molecule has 0 bridgehead atoms. The molecule has 17 heavy (non-hydrogen) atoms. The number of hydrogen-bond donors (Lipinski definition) is 2. The molecule has 0 aromatic heterocycles. The molecule has 0 atom stereocenters. The summed E-state index contributed by atoms with van der Waals surface area (Å²) in [5.74, 6) is 0. The number of nitrogens with zero attached hydrogens (tertiary/aromatic N) is 1. The molecule has 0 aliphatic carbocycles. The van der Waals surface area contributed by atoms with E-state index in [-0.39, 0.29) is 4.90 Å². The van der Waals surface area contributed by atoms with Crippen molar-refractivity contribution >= 4 is 15.7 Å². The van der Waals surface area contributed by atoms with Crippen LogP contribution in [-0.4, -0.2) is 47.6 Å². The summed E-state index contributed by atoms with van der Waals surface area (Å²) in [6, 6.07) is 6.87. The number of sulfonamides is 1. The number of rotatable bonds is 6. The zero-order chi connectivity index (χ0) is 12.9. The predicted molar refractivity (Wildman–Crippen MR) is 69.7 cm³/mol. The molecule has 6 heteroatoms. The van der Waals surface area contributed by atoms with Crippen molar-refractivity contribution in [2.45, 2.75) is 4.90 Å². The molecule has 0 aliphatic rings. The van der Waals surface area contributed by atoms with Gasteiger partial charge in [0.2, 0.25) is 10.0 Å². The fourth-order valence-electron chi connectivity index (χ4n) is 1.37. The largest absolute Gasteiger partial charge is 0.383 e. The number of likely N-dealkylation sites (N-methyl/N-ethyl adjacent to an activating group) is 1. The molecular weight excluding hydrogens is 238 g/mol. The smallest absolute Gasteiger partial charge is 0.242 e. The molecular formula is C11H19N3O2S. The van der Waals surface area contributed by atoms with Gasteiger partial charge in [0.25, 0.3) is 0 Å². The summed E-state index contributed by atoms with van der Waals surface area (Å²) in [5, 5.41) is 3.12. The van der Waals surface area contributed by atoms with Gasteiger partial charge in [0.05, 0.1) is 5.69 Å². The van der Waals surface area contributed by atoms with Crippen molar-refractivity contribution in [2.24, 2.45) is 0 Å². The number of benzene rings is 1. The van der Waals surface area contributed by atoms with Crippen molar-refractivity contribution in [1.29, 1.82) is 0 Å². The third kappa shape index (κ3) is 3.99. The van der Waals surface area contributed by atoms with Crippen LogP contribution in [-0.2, 0) is 10.0 Å². The minimum atomic E-state index is -3.41. The van der Waals surface area contributed by atoms with Gasteiger partial charge in [-0.3, -0.25) is 0 Å². The molecule has 96 valence electrons. The van der Waals surface area contributed by atoms with Gasteiger partial charge in [0, 0.05) is 13.1 Å². The Morgan fingerprint density at radius 2 is 1.88 bits per heavy atom. The molecule has 0 saturated carbocycles. The lowest BCUT2D eigenvalue weighted by atomic mass is 10.3. The standard InChI is InChI=1S/C11H19N3O2S/c1-12-17(15,16)11-7-5-4-6-10(11)13-8-9-14(2)3/h4-7,12-13H,8-9H2,1-3H3. The second kappa shape index (κ2) is 6.00. The lowest BCUT2D eigenvalue weighted by Crippen LogP contribution is -2.23. The Balaban J connectivity index is 2.86. The van der Waals surface area contributed by atoms with Crippen LogP contribution in [0.3, 0.4) is 0 Å². The van der Waals surface area contributed by atoms with Gasteiger partial charge in [-0.15, -0.1) is 0 Å². The lowest BCUT2D eigenvalue weighted by molar-refractivity contribution is 0.425. The summed E-state index contributed by atoms with van der Waals surface area (Å²) >= 11 is 0. The van der Waals surface area contributed by atoms with E-state index in [4.69, 9.17) is 0 Å². The van der Waals surface area contributed by atoms with Gasteiger partial charge in [-0.25, -0.2) is 13.1 Å². The van der Waals surface area contributed by atoms with Gasteiger partial charge in [-0.05, 0) is 33.3 Å². The lowest BCUT2D eigenvalue weighted by Gasteiger charge is -2.14. The van der Waals surface area contributed by atoms with Crippen LogP contribution in [0.25, 0.3) is 0 Å². The topological polar surface area (TPSA) is 61.4 Å². The van der Waals surface area contributed by atoms with Crippen LogP contribution in [0.15, 0.2) is 29.2 Å². The Kier molecular flexibility index (Phi) is 4.92. The molecule has 0 heterocycles. The summed E-state index contributed by atoms with van der Waals surface area (Å²) in [6.45, 7) is 1.54. The molecule has 1 aromatic carbocycles. The summed E-state index contributed by atoms with van der Waals surface area (Å²) in [4.78, 5) is 2.31. The van der Waals surface area contributed by atoms with Crippen molar-refractivity contribution in [3.8, 4) is 0 Å². The first kappa shape index (κ1) is 14.0. The average Bonchev–Trinajstić information content (AvgIpc) is 2.29. The third-order valence-corrected chi connectivity index (χ3v) is 3.79. The minimum absolute atomic E-state index is 0.279. The first-order valence-electron chi connectivity index (χ1n) is 5.38. The van der Waals surface area contributed by atoms with Crippen molar-refractivity contribution < 1.29 is 8.42 Å². The molecule has 0 saturated heterocycles.